The van der Waals surface area contributed by atoms with E-state index in [-0.39, 0.29) is 5.56 Å². The van der Waals surface area contributed by atoms with E-state index in [4.69, 9.17) is 26.1 Å². The summed E-state index contributed by atoms with van der Waals surface area (Å²) < 4.78 is 12.9. The summed E-state index contributed by atoms with van der Waals surface area (Å²) in [7, 11) is 0. The van der Waals surface area contributed by atoms with Crippen molar-refractivity contribution in [2.75, 3.05) is 19.0 Å². The molecule has 0 spiro atoms. The number of thioether (sulfide) groups is 1. The molecule has 0 radical (unpaired) electrons. The number of ether oxygens (including phenoxy) is 2. The maximum absolute atomic E-state index is 13.3. The van der Waals surface area contributed by atoms with Crippen LogP contribution in [0.1, 0.15) is 6.92 Å². The Bertz CT molecular complexity index is 1220. The highest BCUT2D eigenvalue weighted by atomic mass is 35.5. The van der Waals surface area contributed by atoms with Gasteiger partial charge in [0, 0.05) is 10.8 Å². The van der Waals surface area contributed by atoms with Crippen molar-refractivity contribution < 1.29 is 9.47 Å². The molecular formula is C24H21ClN2O3S. The molecule has 0 aliphatic rings. The number of hydrogen-bond donors (Lipinski definition) is 0. The number of benzene rings is 3. The largest absolute Gasteiger partial charge is 0.494 e. The minimum atomic E-state index is -0.101. The summed E-state index contributed by atoms with van der Waals surface area (Å²) in [6.07, 6.45) is 0. The molecule has 0 N–H and O–H groups in total. The SMILES string of the molecule is CCOc1ccc(-n2c(SCCOc3ccc(Cl)cc3)nc3ccccc3c2=O)cc1. The molecule has 0 unspecified atom stereocenters. The Morgan fingerprint density at radius 2 is 1.61 bits per heavy atom. The number of rotatable bonds is 8. The van der Waals surface area contributed by atoms with Crippen LogP contribution >= 0.6 is 23.4 Å². The van der Waals surface area contributed by atoms with E-state index in [1.807, 2.05) is 61.5 Å². The van der Waals surface area contributed by atoms with Crippen molar-refractivity contribution in [2.45, 2.75) is 12.1 Å². The minimum Gasteiger partial charge on any atom is -0.494 e. The van der Waals surface area contributed by atoms with Crippen molar-refractivity contribution in [1.29, 1.82) is 0 Å². The number of para-hydroxylation sites is 1. The zero-order valence-corrected chi connectivity index (χ0v) is 18.5. The van der Waals surface area contributed by atoms with E-state index >= 15 is 0 Å². The van der Waals surface area contributed by atoms with Crippen LogP contribution in [0.3, 0.4) is 0 Å². The molecule has 3 aromatic carbocycles. The van der Waals surface area contributed by atoms with Gasteiger partial charge >= 0.3 is 0 Å². The molecule has 0 bridgehead atoms. The third kappa shape index (κ3) is 5.03. The molecule has 7 heteroatoms. The third-order valence-corrected chi connectivity index (χ3v) is 5.70. The predicted molar refractivity (Wildman–Crippen MR) is 126 cm³/mol. The second kappa shape index (κ2) is 9.90. The molecule has 4 rings (SSSR count). The molecule has 0 saturated heterocycles. The highest BCUT2D eigenvalue weighted by molar-refractivity contribution is 7.99. The molecule has 4 aromatic rings. The first-order chi connectivity index (χ1) is 15.2. The van der Waals surface area contributed by atoms with Crippen LogP contribution in [0, 0.1) is 0 Å². The zero-order chi connectivity index (χ0) is 21.6. The lowest BCUT2D eigenvalue weighted by atomic mass is 10.2. The van der Waals surface area contributed by atoms with Crippen LogP contribution < -0.4 is 15.0 Å². The molecule has 1 aromatic heterocycles. The maximum atomic E-state index is 13.3. The number of fused-ring (bicyclic) bond motifs is 1. The Balaban J connectivity index is 1.60. The van der Waals surface area contributed by atoms with Crippen LogP contribution in [0.25, 0.3) is 16.6 Å². The summed E-state index contributed by atoms with van der Waals surface area (Å²) in [5.41, 5.74) is 1.32. The van der Waals surface area contributed by atoms with Gasteiger partial charge in [-0.1, -0.05) is 35.5 Å². The van der Waals surface area contributed by atoms with Gasteiger partial charge in [0.05, 0.1) is 29.8 Å². The highest BCUT2D eigenvalue weighted by Crippen LogP contribution is 2.23. The van der Waals surface area contributed by atoms with Gasteiger partial charge in [-0.25, -0.2) is 4.98 Å². The standard InChI is InChI=1S/C24H21ClN2O3S/c1-2-29-19-13-9-18(10-14-19)27-23(28)21-5-3-4-6-22(21)26-24(27)31-16-15-30-20-11-7-17(25)8-12-20/h3-14H,2,15-16H2,1H3. The molecule has 31 heavy (non-hydrogen) atoms. The molecule has 0 aliphatic carbocycles. The topological polar surface area (TPSA) is 53.4 Å². The van der Waals surface area contributed by atoms with Gasteiger partial charge in [-0.15, -0.1) is 0 Å². The Morgan fingerprint density at radius 3 is 2.35 bits per heavy atom. The van der Waals surface area contributed by atoms with Gasteiger partial charge in [0.2, 0.25) is 0 Å². The fourth-order valence-corrected chi connectivity index (χ4v) is 4.07. The van der Waals surface area contributed by atoms with Crippen molar-refractivity contribution in [3.63, 3.8) is 0 Å². The second-order valence-electron chi connectivity index (χ2n) is 6.63. The number of halogens is 1. The van der Waals surface area contributed by atoms with Crippen molar-refractivity contribution in [1.82, 2.24) is 9.55 Å². The highest BCUT2D eigenvalue weighted by Gasteiger charge is 2.13. The van der Waals surface area contributed by atoms with Gasteiger partial charge in [-0.2, -0.15) is 0 Å². The first-order valence-corrected chi connectivity index (χ1v) is 11.3. The fraction of sp³-hybridized carbons (Fsp3) is 0.167. The summed E-state index contributed by atoms with van der Waals surface area (Å²) >= 11 is 7.39. The van der Waals surface area contributed by atoms with E-state index in [1.54, 1.807) is 22.8 Å². The lowest BCUT2D eigenvalue weighted by Crippen LogP contribution is -2.22. The first kappa shape index (κ1) is 21.3. The molecule has 0 fully saturated rings. The van der Waals surface area contributed by atoms with E-state index in [9.17, 15) is 4.79 Å². The molecule has 0 amide bonds. The summed E-state index contributed by atoms with van der Waals surface area (Å²) in [6.45, 7) is 3.00. The van der Waals surface area contributed by atoms with E-state index < -0.39 is 0 Å². The molecule has 158 valence electrons. The van der Waals surface area contributed by atoms with Crippen molar-refractivity contribution >= 4 is 34.3 Å². The van der Waals surface area contributed by atoms with Crippen LogP contribution in [0.15, 0.2) is 82.7 Å². The minimum absolute atomic E-state index is 0.101. The molecule has 0 aliphatic heterocycles. The van der Waals surface area contributed by atoms with E-state index in [0.29, 0.717) is 40.0 Å². The van der Waals surface area contributed by atoms with Crippen LogP contribution in [0.2, 0.25) is 5.02 Å². The number of nitrogens with zero attached hydrogens (tertiary/aromatic N) is 2. The normalized spacial score (nSPS) is 10.9. The molecule has 0 saturated carbocycles. The monoisotopic (exact) mass is 452 g/mol. The van der Waals surface area contributed by atoms with Gasteiger partial charge in [0.1, 0.15) is 11.5 Å². The average Bonchev–Trinajstić information content (AvgIpc) is 2.79. The maximum Gasteiger partial charge on any atom is 0.266 e. The number of aromatic nitrogens is 2. The van der Waals surface area contributed by atoms with Crippen LogP contribution in [0.5, 0.6) is 11.5 Å². The number of hydrogen-bond acceptors (Lipinski definition) is 5. The lowest BCUT2D eigenvalue weighted by Gasteiger charge is -2.14. The first-order valence-electron chi connectivity index (χ1n) is 9.92. The summed E-state index contributed by atoms with van der Waals surface area (Å²) in [4.78, 5) is 18.0. The Kier molecular flexibility index (Phi) is 6.79. The Labute approximate surface area is 189 Å². The van der Waals surface area contributed by atoms with Gasteiger partial charge in [0.25, 0.3) is 5.56 Å². The average molecular weight is 453 g/mol. The third-order valence-electron chi connectivity index (χ3n) is 4.55. The lowest BCUT2D eigenvalue weighted by molar-refractivity contribution is 0.340. The fourth-order valence-electron chi connectivity index (χ4n) is 3.12. The Morgan fingerprint density at radius 1 is 0.935 bits per heavy atom. The van der Waals surface area contributed by atoms with Gasteiger partial charge in [0.15, 0.2) is 5.16 Å². The van der Waals surface area contributed by atoms with Crippen molar-refractivity contribution in [2.24, 2.45) is 0 Å². The quantitative estimate of drug-likeness (QED) is 0.197. The van der Waals surface area contributed by atoms with Crippen LogP contribution in [0.4, 0.5) is 0 Å². The molecule has 0 atom stereocenters. The van der Waals surface area contributed by atoms with E-state index in [0.717, 1.165) is 17.2 Å². The summed E-state index contributed by atoms with van der Waals surface area (Å²) in [5.74, 6) is 2.14. The molecule has 5 nitrogen and oxygen atoms in total. The second-order valence-corrected chi connectivity index (χ2v) is 8.13. The predicted octanol–water partition coefficient (Wildman–Crippen LogP) is 5.61. The molecular weight excluding hydrogens is 432 g/mol. The smallest absolute Gasteiger partial charge is 0.266 e. The van der Waals surface area contributed by atoms with E-state index in [1.165, 1.54) is 11.8 Å². The van der Waals surface area contributed by atoms with E-state index in [2.05, 4.69) is 0 Å². The summed E-state index contributed by atoms with van der Waals surface area (Å²) in [5, 5.41) is 1.87. The van der Waals surface area contributed by atoms with Gasteiger partial charge in [-0.05, 0) is 67.6 Å². The zero-order valence-electron chi connectivity index (χ0n) is 17.0. The van der Waals surface area contributed by atoms with Gasteiger partial charge < -0.3 is 9.47 Å². The van der Waals surface area contributed by atoms with Crippen LogP contribution in [-0.4, -0.2) is 28.5 Å². The summed E-state index contributed by atoms with van der Waals surface area (Å²) in [6, 6.07) is 22.1. The van der Waals surface area contributed by atoms with Crippen molar-refractivity contribution in [3.8, 4) is 17.2 Å². The van der Waals surface area contributed by atoms with Crippen LogP contribution in [-0.2, 0) is 0 Å². The Hall–Kier alpha value is -2.96. The molecule has 1 heterocycles. The van der Waals surface area contributed by atoms with Crippen molar-refractivity contribution in [3.05, 3.63) is 88.2 Å². The van der Waals surface area contributed by atoms with Gasteiger partial charge in [-0.3, -0.25) is 9.36 Å².